The highest BCUT2D eigenvalue weighted by atomic mass is 16.5. The van der Waals surface area contributed by atoms with Gasteiger partial charge in [-0.05, 0) is 41.5 Å². The van der Waals surface area contributed by atoms with Crippen LogP contribution in [0.3, 0.4) is 0 Å². The van der Waals surface area contributed by atoms with Gasteiger partial charge in [-0.1, -0.05) is 0 Å². The van der Waals surface area contributed by atoms with Gasteiger partial charge >= 0.3 is 0 Å². The number of nitrogens with zero attached hydrogens (tertiary/aromatic N) is 5. The third-order valence-corrected chi connectivity index (χ3v) is 5.90. The monoisotopic (exact) mass is 485 g/mol. The molecule has 1 aromatic carbocycles. The van der Waals surface area contributed by atoms with Crippen molar-refractivity contribution in [2.24, 2.45) is 0 Å². The molecule has 0 aliphatic rings. The lowest BCUT2D eigenvalue weighted by Crippen LogP contribution is -2.40. The molecule has 2 N–H and O–H groups in total. The van der Waals surface area contributed by atoms with Crippen LogP contribution >= 0.6 is 0 Å². The van der Waals surface area contributed by atoms with Crippen LogP contribution in [-0.2, 0) is 0 Å². The first-order valence-corrected chi connectivity index (χ1v) is 12.0. The summed E-state index contributed by atoms with van der Waals surface area (Å²) in [6.45, 7) is 14.7. The van der Waals surface area contributed by atoms with Crippen molar-refractivity contribution in [2.45, 2.75) is 59.7 Å². The van der Waals surface area contributed by atoms with E-state index in [9.17, 15) is 0 Å². The Balaban J connectivity index is 1.95. The average molecular weight is 486 g/mol. The molecule has 192 valence electrons. The van der Waals surface area contributed by atoms with Crippen LogP contribution in [0.4, 0.5) is 17.5 Å². The van der Waals surface area contributed by atoms with Crippen molar-refractivity contribution in [1.82, 2.24) is 24.4 Å². The number of benzene rings is 1. The molecule has 2 heterocycles. The maximum absolute atomic E-state index is 5.50. The van der Waals surface area contributed by atoms with Crippen LogP contribution in [0.2, 0.25) is 0 Å². The molecule has 10 heteroatoms. The van der Waals surface area contributed by atoms with Crippen LogP contribution in [0.1, 0.15) is 47.6 Å². The van der Waals surface area contributed by atoms with Gasteiger partial charge in [0.05, 0.1) is 21.3 Å². The Hall–Kier alpha value is -3.27. The van der Waals surface area contributed by atoms with E-state index in [4.69, 9.17) is 19.2 Å². The van der Waals surface area contributed by atoms with Gasteiger partial charge < -0.3 is 24.8 Å². The Morgan fingerprint density at radius 2 is 1.54 bits per heavy atom. The van der Waals surface area contributed by atoms with Gasteiger partial charge in [0.2, 0.25) is 11.7 Å². The second-order valence-corrected chi connectivity index (χ2v) is 9.18. The SMILES string of the molecule is COc1cc(Nc2nc3c(NCCN(C(C)C)C(C)C)ncnc3n2C(C)C)cc(OC)c1OC. The standard InChI is InChI=1S/C25H39N7O3/c1-15(2)31(16(3)4)11-10-26-23-21-24(28-14-27-23)32(17(5)6)25(30-21)29-18-12-19(33-7)22(35-9)20(13-18)34-8/h12-17H,10-11H2,1-9H3,(H,29,30)(H,26,27,28). The van der Waals surface area contributed by atoms with Crippen molar-refractivity contribution in [1.29, 1.82) is 0 Å². The maximum atomic E-state index is 5.50. The zero-order chi connectivity index (χ0) is 25.7. The fourth-order valence-electron chi connectivity index (χ4n) is 4.31. The summed E-state index contributed by atoms with van der Waals surface area (Å²) < 4.78 is 18.5. The largest absolute Gasteiger partial charge is 0.493 e. The predicted molar refractivity (Wildman–Crippen MR) is 141 cm³/mol. The fourth-order valence-corrected chi connectivity index (χ4v) is 4.31. The Bertz CT molecular complexity index is 1090. The van der Waals surface area contributed by atoms with E-state index in [2.05, 4.69) is 71.6 Å². The Kier molecular flexibility index (Phi) is 8.61. The minimum atomic E-state index is 0.115. The number of nitrogens with one attached hydrogen (secondary N) is 2. The molecule has 0 spiro atoms. The molecule has 0 atom stereocenters. The van der Waals surface area contributed by atoms with E-state index in [1.807, 2.05) is 12.1 Å². The highest BCUT2D eigenvalue weighted by Gasteiger charge is 2.20. The van der Waals surface area contributed by atoms with Crippen molar-refractivity contribution in [3.05, 3.63) is 18.5 Å². The van der Waals surface area contributed by atoms with Crippen LogP contribution in [0, 0.1) is 0 Å². The van der Waals surface area contributed by atoms with Gasteiger partial charge in [-0.25, -0.2) is 15.0 Å². The molecule has 0 amide bonds. The third-order valence-electron chi connectivity index (χ3n) is 5.90. The van der Waals surface area contributed by atoms with Gasteiger partial charge in [-0.15, -0.1) is 0 Å². The van der Waals surface area contributed by atoms with Crippen LogP contribution < -0.4 is 24.8 Å². The van der Waals surface area contributed by atoms with Crippen molar-refractivity contribution >= 4 is 28.6 Å². The molecule has 0 fully saturated rings. The first-order chi connectivity index (χ1) is 16.7. The molecule has 10 nitrogen and oxygen atoms in total. The number of methoxy groups -OCH3 is 3. The fraction of sp³-hybridized carbons (Fsp3) is 0.560. The van der Waals surface area contributed by atoms with Gasteiger partial charge in [0.15, 0.2) is 28.5 Å². The van der Waals surface area contributed by atoms with E-state index in [0.717, 1.165) is 35.8 Å². The highest BCUT2D eigenvalue weighted by Crippen LogP contribution is 2.41. The molecular weight excluding hydrogens is 446 g/mol. The van der Waals surface area contributed by atoms with Gasteiger partial charge in [0.25, 0.3) is 0 Å². The normalized spacial score (nSPS) is 11.7. The molecule has 2 aromatic heterocycles. The Morgan fingerprint density at radius 3 is 2.06 bits per heavy atom. The van der Waals surface area contributed by atoms with Crippen molar-refractivity contribution in [3.8, 4) is 17.2 Å². The van der Waals surface area contributed by atoms with E-state index < -0.39 is 0 Å². The molecule has 3 rings (SSSR count). The molecule has 3 aromatic rings. The summed E-state index contributed by atoms with van der Waals surface area (Å²) in [6, 6.07) is 4.75. The van der Waals surface area contributed by atoms with Gasteiger partial charge in [0.1, 0.15) is 6.33 Å². The predicted octanol–water partition coefficient (Wildman–Crippen LogP) is 4.71. The summed E-state index contributed by atoms with van der Waals surface area (Å²) in [6.07, 6.45) is 1.58. The van der Waals surface area contributed by atoms with Crippen molar-refractivity contribution in [3.63, 3.8) is 0 Å². The number of ether oxygens (including phenoxy) is 3. The highest BCUT2D eigenvalue weighted by molar-refractivity contribution is 5.86. The molecule has 0 unspecified atom stereocenters. The molecule has 0 aliphatic heterocycles. The lowest BCUT2D eigenvalue weighted by atomic mass is 10.2. The van der Waals surface area contributed by atoms with Gasteiger partial charge in [-0.2, -0.15) is 0 Å². The summed E-state index contributed by atoms with van der Waals surface area (Å²) in [5, 5.41) is 6.88. The molecule has 35 heavy (non-hydrogen) atoms. The van der Waals surface area contributed by atoms with Gasteiger partial charge in [0, 0.05) is 49.0 Å². The summed E-state index contributed by atoms with van der Waals surface area (Å²) >= 11 is 0. The van der Waals surface area contributed by atoms with E-state index in [1.54, 1.807) is 27.7 Å². The van der Waals surface area contributed by atoms with E-state index >= 15 is 0 Å². The summed E-state index contributed by atoms with van der Waals surface area (Å²) in [5.41, 5.74) is 2.23. The lowest BCUT2D eigenvalue weighted by molar-refractivity contribution is 0.182. The number of anilines is 3. The molecule has 0 aliphatic carbocycles. The van der Waals surface area contributed by atoms with Crippen LogP contribution in [0.15, 0.2) is 18.5 Å². The Labute approximate surface area is 208 Å². The zero-order valence-electron chi connectivity index (χ0n) is 22.3. The summed E-state index contributed by atoms with van der Waals surface area (Å²) in [4.78, 5) is 16.4. The number of hydrogen-bond acceptors (Lipinski definition) is 9. The second-order valence-electron chi connectivity index (χ2n) is 9.18. The number of hydrogen-bond donors (Lipinski definition) is 2. The Morgan fingerprint density at radius 1 is 0.914 bits per heavy atom. The topological polar surface area (TPSA) is 98.6 Å². The second kappa shape index (κ2) is 11.4. The van der Waals surface area contributed by atoms with Crippen LogP contribution in [-0.4, -0.2) is 70.9 Å². The summed E-state index contributed by atoms with van der Waals surface area (Å²) in [5.74, 6) is 3.02. The van der Waals surface area contributed by atoms with E-state index in [-0.39, 0.29) is 6.04 Å². The minimum Gasteiger partial charge on any atom is -0.493 e. The number of fused-ring (bicyclic) bond motifs is 1. The van der Waals surface area contributed by atoms with Crippen molar-refractivity contribution in [2.75, 3.05) is 45.1 Å². The van der Waals surface area contributed by atoms with Crippen LogP contribution in [0.5, 0.6) is 17.2 Å². The number of aromatic nitrogens is 4. The maximum Gasteiger partial charge on any atom is 0.210 e. The molecular formula is C25H39N7O3. The lowest BCUT2D eigenvalue weighted by Gasteiger charge is -2.30. The quantitative estimate of drug-likeness (QED) is 0.378. The van der Waals surface area contributed by atoms with Gasteiger partial charge in [-0.3, -0.25) is 9.47 Å². The van der Waals surface area contributed by atoms with E-state index in [1.165, 1.54) is 0 Å². The number of rotatable bonds is 12. The minimum absolute atomic E-state index is 0.115. The first-order valence-electron chi connectivity index (χ1n) is 12.0. The molecule has 0 saturated heterocycles. The zero-order valence-corrected chi connectivity index (χ0v) is 22.3. The summed E-state index contributed by atoms with van der Waals surface area (Å²) in [7, 11) is 4.77. The average Bonchev–Trinajstić information content (AvgIpc) is 3.19. The third kappa shape index (κ3) is 5.70. The molecule has 0 radical (unpaired) electrons. The smallest absolute Gasteiger partial charge is 0.210 e. The molecule has 0 saturated carbocycles. The first kappa shape index (κ1) is 26.3. The number of imidazole rings is 1. The van der Waals surface area contributed by atoms with E-state index in [0.29, 0.717) is 35.3 Å². The van der Waals surface area contributed by atoms with Crippen molar-refractivity contribution < 1.29 is 14.2 Å². The van der Waals surface area contributed by atoms with Crippen LogP contribution in [0.25, 0.3) is 11.2 Å². The molecule has 0 bridgehead atoms.